The molecule has 0 saturated carbocycles. The molecule has 0 aliphatic rings. The first-order chi connectivity index (χ1) is 7.91. The third-order valence-electron chi connectivity index (χ3n) is 3.50. The van der Waals surface area contributed by atoms with Crippen LogP contribution in [0, 0.1) is 5.41 Å². The zero-order chi connectivity index (χ0) is 12.9. The summed E-state index contributed by atoms with van der Waals surface area (Å²) < 4.78 is 0. The molecule has 1 rings (SSSR count). The van der Waals surface area contributed by atoms with Gasteiger partial charge < -0.3 is 5.32 Å². The Labute approximate surface area is 110 Å². The molecule has 0 radical (unpaired) electrons. The van der Waals surface area contributed by atoms with Gasteiger partial charge in [0.05, 0.1) is 5.01 Å². The molecular weight excluding hydrogens is 228 g/mol. The molecule has 0 amide bonds. The Morgan fingerprint density at radius 2 is 1.88 bits per heavy atom. The minimum Gasteiger partial charge on any atom is -0.312 e. The second-order valence-electron chi connectivity index (χ2n) is 5.91. The molecule has 3 heteroatoms. The zero-order valence-corrected chi connectivity index (χ0v) is 12.7. The number of rotatable bonds is 6. The third kappa shape index (κ3) is 4.76. The molecule has 2 nitrogen and oxygen atoms in total. The van der Waals surface area contributed by atoms with E-state index >= 15 is 0 Å². The fourth-order valence-electron chi connectivity index (χ4n) is 1.93. The lowest BCUT2D eigenvalue weighted by Crippen LogP contribution is -2.44. The second kappa shape index (κ2) is 5.96. The van der Waals surface area contributed by atoms with Crippen LogP contribution in [0.5, 0.6) is 0 Å². The first kappa shape index (κ1) is 14.7. The van der Waals surface area contributed by atoms with Crippen molar-refractivity contribution in [3.63, 3.8) is 0 Å². The highest BCUT2D eigenvalue weighted by molar-refractivity contribution is 7.09. The van der Waals surface area contributed by atoms with Crippen LogP contribution in [0.25, 0.3) is 0 Å². The maximum absolute atomic E-state index is 4.43. The fraction of sp³-hybridized carbons (Fsp3) is 0.786. The molecule has 0 fully saturated rings. The van der Waals surface area contributed by atoms with Crippen LogP contribution in [0.1, 0.15) is 52.5 Å². The van der Waals surface area contributed by atoms with Crippen molar-refractivity contribution in [2.75, 3.05) is 6.54 Å². The molecule has 1 aromatic rings. The Morgan fingerprint density at radius 3 is 2.29 bits per heavy atom. The van der Waals surface area contributed by atoms with Gasteiger partial charge in [0.25, 0.3) is 0 Å². The van der Waals surface area contributed by atoms with Crippen LogP contribution in [0.2, 0.25) is 0 Å². The summed E-state index contributed by atoms with van der Waals surface area (Å²) in [6.45, 7) is 12.3. The van der Waals surface area contributed by atoms with Gasteiger partial charge in [0.1, 0.15) is 0 Å². The number of thiazole rings is 1. The Kier molecular flexibility index (Phi) is 5.14. The van der Waals surface area contributed by atoms with Gasteiger partial charge in [-0.2, -0.15) is 0 Å². The van der Waals surface area contributed by atoms with Gasteiger partial charge in [-0.25, -0.2) is 4.98 Å². The summed E-state index contributed by atoms with van der Waals surface area (Å²) in [5, 5.41) is 6.99. The lowest BCUT2D eigenvalue weighted by atomic mass is 9.79. The lowest BCUT2D eigenvalue weighted by molar-refractivity contribution is 0.220. The van der Waals surface area contributed by atoms with E-state index in [1.807, 2.05) is 6.20 Å². The van der Waals surface area contributed by atoms with Crippen molar-refractivity contribution in [2.24, 2.45) is 5.41 Å². The number of hydrogen-bond donors (Lipinski definition) is 1. The first-order valence-corrected chi connectivity index (χ1v) is 7.42. The van der Waals surface area contributed by atoms with Crippen LogP contribution >= 0.6 is 11.3 Å². The van der Waals surface area contributed by atoms with Crippen LogP contribution in [0.4, 0.5) is 0 Å². The highest BCUT2D eigenvalue weighted by Gasteiger charge is 2.28. The predicted molar refractivity (Wildman–Crippen MR) is 76.6 cm³/mol. The maximum atomic E-state index is 4.43. The second-order valence-corrected chi connectivity index (χ2v) is 6.89. The summed E-state index contributed by atoms with van der Waals surface area (Å²) in [5.74, 6) is 0. The van der Waals surface area contributed by atoms with Crippen LogP contribution in [-0.2, 0) is 6.42 Å². The maximum Gasteiger partial charge on any atom is 0.0930 e. The van der Waals surface area contributed by atoms with E-state index in [1.165, 1.54) is 17.8 Å². The molecule has 0 bridgehead atoms. The van der Waals surface area contributed by atoms with Crippen LogP contribution < -0.4 is 5.32 Å². The summed E-state index contributed by atoms with van der Waals surface area (Å²) in [6.07, 6.45) is 5.41. The highest BCUT2D eigenvalue weighted by atomic mass is 32.1. The summed E-state index contributed by atoms with van der Waals surface area (Å²) in [4.78, 5) is 4.43. The normalized spacial score (nSPS) is 13.0. The van der Waals surface area contributed by atoms with Crippen molar-refractivity contribution in [3.8, 4) is 0 Å². The summed E-state index contributed by atoms with van der Waals surface area (Å²) in [6, 6.07) is 0. The monoisotopic (exact) mass is 254 g/mol. The lowest BCUT2D eigenvalue weighted by Gasteiger charge is -2.35. The van der Waals surface area contributed by atoms with E-state index in [4.69, 9.17) is 0 Å². The number of nitrogens with one attached hydrogen (secondary N) is 1. The third-order valence-corrected chi connectivity index (χ3v) is 4.28. The molecule has 0 aliphatic carbocycles. The number of hydrogen-bond acceptors (Lipinski definition) is 3. The fourth-order valence-corrected chi connectivity index (χ4v) is 2.72. The molecule has 0 aliphatic heterocycles. The topological polar surface area (TPSA) is 24.9 Å². The van der Waals surface area contributed by atoms with Gasteiger partial charge in [0, 0.05) is 30.1 Å². The largest absolute Gasteiger partial charge is 0.312 e. The van der Waals surface area contributed by atoms with Crippen LogP contribution in [0.3, 0.4) is 0 Å². The molecule has 1 aromatic heterocycles. The van der Waals surface area contributed by atoms with E-state index in [9.17, 15) is 0 Å². The van der Waals surface area contributed by atoms with Crippen molar-refractivity contribution >= 4 is 11.3 Å². The number of nitrogens with zero attached hydrogens (tertiary/aromatic N) is 1. The molecule has 98 valence electrons. The van der Waals surface area contributed by atoms with E-state index in [1.54, 1.807) is 11.3 Å². The van der Waals surface area contributed by atoms with Gasteiger partial charge >= 0.3 is 0 Å². The molecule has 1 N–H and O–H groups in total. The van der Waals surface area contributed by atoms with Crippen molar-refractivity contribution in [2.45, 2.75) is 59.4 Å². The van der Waals surface area contributed by atoms with Gasteiger partial charge in [0.15, 0.2) is 0 Å². The molecule has 0 unspecified atom stereocenters. The molecule has 0 spiro atoms. The molecule has 0 saturated heterocycles. The van der Waals surface area contributed by atoms with E-state index in [0.29, 0.717) is 5.41 Å². The summed E-state index contributed by atoms with van der Waals surface area (Å²) in [5.41, 5.74) is 0.545. The van der Waals surface area contributed by atoms with Crippen LogP contribution in [-0.4, -0.2) is 17.1 Å². The van der Waals surface area contributed by atoms with E-state index in [2.05, 4.69) is 50.3 Å². The summed E-state index contributed by atoms with van der Waals surface area (Å²) >= 11 is 1.77. The molecule has 17 heavy (non-hydrogen) atoms. The molecule has 0 aromatic carbocycles. The summed E-state index contributed by atoms with van der Waals surface area (Å²) in [7, 11) is 0. The van der Waals surface area contributed by atoms with Gasteiger partial charge in [-0.05, 0) is 39.0 Å². The van der Waals surface area contributed by atoms with E-state index < -0.39 is 0 Å². The Balaban J connectivity index is 2.68. The van der Waals surface area contributed by atoms with Gasteiger partial charge in [-0.15, -0.1) is 11.3 Å². The standard InChI is InChI=1S/C14H26N2S/c1-6-14(7-2,11-16-13(3,4)5)10-12-15-8-9-17-12/h8-9,16H,6-7,10-11H2,1-5H3. The smallest absolute Gasteiger partial charge is 0.0930 e. The minimum absolute atomic E-state index is 0.193. The average Bonchev–Trinajstić information content (AvgIpc) is 2.76. The quantitative estimate of drug-likeness (QED) is 0.833. The predicted octanol–water partition coefficient (Wildman–Crippen LogP) is 3.88. The van der Waals surface area contributed by atoms with Gasteiger partial charge in [-0.3, -0.25) is 0 Å². The SMILES string of the molecule is CCC(CC)(CNC(C)(C)C)Cc1nccs1. The molecule has 0 atom stereocenters. The zero-order valence-electron chi connectivity index (χ0n) is 11.8. The highest BCUT2D eigenvalue weighted by Crippen LogP contribution is 2.31. The number of aromatic nitrogens is 1. The first-order valence-electron chi connectivity index (χ1n) is 6.54. The Morgan fingerprint density at radius 1 is 1.24 bits per heavy atom. The molecule has 1 heterocycles. The molecular formula is C14H26N2S. The van der Waals surface area contributed by atoms with Gasteiger partial charge in [-0.1, -0.05) is 13.8 Å². The van der Waals surface area contributed by atoms with Crippen molar-refractivity contribution in [1.29, 1.82) is 0 Å². The van der Waals surface area contributed by atoms with Crippen molar-refractivity contribution in [1.82, 2.24) is 10.3 Å². The van der Waals surface area contributed by atoms with Crippen LogP contribution in [0.15, 0.2) is 11.6 Å². The van der Waals surface area contributed by atoms with E-state index in [0.717, 1.165) is 13.0 Å². The van der Waals surface area contributed by atoms with Crippen molar-refractivity contribution in [3.05, 3.63) is 16.6 Å². The Hall–Kier alpha value is -0.410. The Bertz CT molecular complexity index is 307. The minimum atomic E-state index is 0.193. The average molecular weight is 254 g/mol. The van der Waals surface area contributed by atoms with E-state index in [-0.39, 0.29) is 5.54 Å². The van der Waals surface area contributed by atoms with Gasteiger partial charge in [0.2, 0.25) is 0 Å². The van der Waals surface area contributed by atoms with Crippen molar-refractivity contribution < 1.29 is 0 Å².